The van der Waals surface area contributed by atoms with Crippen LogP contribution in [0.3, 0.4) is 0 Å². The first-order valence-corrected chi connectivity index (χ1v) is 7.39. The molecule has 0 saturated heterocycles. The van der Waals surface area contributed by atoms with Crippen LogP contribution in [0.1, 0.15) is 0 Å². The maximum atomic E-state index is 10.4. The van der Waals surface area contributed by atoms with Gasteiger partial charge in [-0.3, -0.25) is 4.99 Å². The number of thioether (sulfide) groups is 1. The minimum atomic E-state index is -0.899. The second-order valence-electron chi connectivity index (χ2n) is 5.12. The zero-order valence-corrected chi connectivity index (χ0v) is 12.9. The van der Waals surface area contributed by atoms with E-state index >= 15 is 0 Å². The highest BCUT2D eigenvalue weighted by Gasteiger charge is 2.32. The molecule has 0 amide bonds. The number of fused-ring (bicyclic) bond motifs is 1. The summed E-state index contributed by atoms with van der Waals surface area (Å²) in [7, 11) is 5.55. The molecule has 0 aromatic heterocycles. The number of anilines is 2. The molecule has 1 atom stereocenters. The number of benzene rings is 1. The third-order valence-electron chi connectivity index (χ3n) is 3.53. The number of aliphatic imine (C=N–C) groups is 1. The molecule has 2 aliphatic rings. The number of nitrogens with zero attached hydrogens (tertiary/aromatic N) is 2. The van der Waals surface area contributed by atoms with E-state index in [2.05, 4.69) is 16.4 Å². The van der Waals surface area contributed by atoms with Crippen molar-refractivity contribution in [1.82, 2.24) is 0 Å². The molecule has 1 aliphatic heterocycles. The van der Waals surface area contributed by atoms with Crippen molar-refractivity contribution in [3.8, 4) is 0 Å². The Bertz CT molecular complexity index is 692. The number of rotatable bonds is 1. The van der Waals surface area contributed by atoms with Crippen molar-refractivity contribution >= 4 is 28.8 Å². The topological polar surface area (TPSA) is 68.1 Å². The fourth-order valence-corrected chi connectivity index (χ4v) is 3.47. The lowest BCUT2D eigenvalue weighted by atomic mass is 10.0. The molecule has 0 spiro atoms. The Morgan fingerprint density at radius 3 is 2.76 bits per heavy atom. The predicted octanol–water partition coefficient (Wildman–Crippen LogP) is 2.37. The first kappa shape index (κ1) is 14.0. The molecule has 0 radical (unpaired) electrons. The molecule has 6 heteroatoms. The van der Waals surface area contributed by atoms with Crippen LogP contribution in [0.5, 0.6) is 0 Å². The van der Waals surface area contributed by atoms with E-state index in [1.165, 1.54) is 11.8 Å². The minimum Gasteiger partial charge on any atom is -0.506 e. The lowest BCUT2D eigenvalue weighted by Crippen LogP contribution is -2.30. The molecule has 1 aromatic rings. The monoisotopic (exact) mass is 303 g/mol. The number of nitrogens with one attached hydrogen (secondary N) is 1. The predicted molar refractivity (Wildman–Crippen MR) is 87.4 cm³/mol. The van der Waals surface area contributed by atoms with Crippen LogP contribution in [0.2, 0.25) is 0 Å². The maximum Gasteiger partial charge on any atom is 0.141 e. The van der Waals surface area contributed by atoms with Gasteiger partial charge < -0.3 is 20.4 Å². The van der Waals surface area contributed by atoms with Crippen molar-refractivity contribution in [3.63, 3.8) is 0 Å². The Hall–Kier alpha value is -1.92. The Labute approximate surface area is 127 Å². The van der Waals surface area contributed by atoms with E-state index in [-0.39, 0.29) is 5.76 Å². The number of aliphatic hydroxyl groups excluding tert-OH is 2. The Kier molecular flexibility index (Phi) is 3.43. The van der Waals surface area contributed by atoms with E-state index in [0.29, 0.717) is 5.71 Å². The average molecular weight is 303 g/mol. The van der Waals surface area contributed by atoms with Gasteiger partial charge in [-0.2, -0.15) is 0 Å². The number of allylic oxidation sites excluding steroid dienone is 1. The van der Waals surface area contributed by atoms with Crippen LogP contribution in [-0.2, 0) is 0 Å². The third-order valence-corrected chi connectivity index (χ3v) is 4.75. The van der Waals surface area contributed by atoms with Crippen molar-refractivity contribution in [3.05, 3.63) is 40.6 Å². The summed E-state index contributed by atoms with van der Waals surface area (Å²) in [6.07, 6.45) is 0.712. The summed E-state index contributed by atoms with van der Waals surface area (Å²) in [5, 5.41) is 23.6. The number of hydrogen-bond acceptors (Lipinski definition) is 6. The normalized spacial score (nSPS) is 22.4. The fourth-order valence-electron chi connectivity index (χ4n) is 2.38. The molecule has 0 bridgehead atoms. The first-order valence-electron chi connectivity index (χ1n) is 6.57. The molecule has 1 aliphatic carbocycles. The highest BCUT2D eigenvalue weighted by Crippen LogP contribution is 2.44. The van der Waals surface area contributed by atoms with Crippen LogP contribution in [0.15, 0.2) is 50.5 Å². The Morgan fingerprint density at radius 1 is 1.33 bits per heavy atom. The van der Waals surface area contributed by atoms with Gasteiger partial charge in [0.05, 0.1) is 11.4 Å². The molecule has 1 aromatic carbocycles. The highest BCUT2D eigenvalue weighted by molar-refractivity contribution is 8.03. The van der Waals surface area contributed by atoms with Gasteiger partial charge in [0.2, 0.25) is 0 Å². The summed E-state index contributed by atoms with van der Waals surface area (Å²) < 4.78 is 0. The van der Waals surface area contributed by atoms with E-state index < -0.39 is 6.10 Å². The van der Waals surface area contributed by atoms with Gasteiger partial charge in [0.15, 0.2) is 0 Å². The van der Waals surface area contributed by atoms with Crippen LogP contribution in [0.4, 0.5) is 11.4 Å². The van der Waals surface area contributed by atoms with E-state index in [0.717, 1.165) is 26.9 Å². The van der Waals surface area contributed by atoms with Gasteiger partial charge in [-0.15, -0.1) is 0 Å². The molecule has 110 valence electrons. The smallest absolute Gasteiger partial charge is 0.141 e. The fraction of sp³-hybridized carbons (Fsp3) is 0.267. The molecule has 1 heterocycles. The van der Waals surface area contributed by atoms with Crippen molar-refractivity contribution in [2.24, 2.45) is 4.99 Å². The summed E-state index contributed by atoms with van der Waals surface area (Å²) in [6.45, 7) is 0. The van der Waals surface area contributed by atoms with Crippen molar-refractivity contribution < 1.29 is 10.2 Å². The zero-order valence-electron chi connectivity index (χ0n) is 12.1. The largest absolute Gasteiger partial charge is 0.506 e. The van der Waals surface area contributed by atoms with Crippen LogP contribution < -0.4 is 10.2 Å². The molecular formula is C15H17N3O2S. The SMILES string of the molecule is CN=C1C(O)=CC2=C(Sc3cc(N(C)C)ccc3N2)C1O. The standard InChI is InChI=1S/C15H17N3O2S/c1-16-13-11(19)7-10-15(14(13)20)21-12-6-8(18(2)3)4-5-9(12)17-10/h4-7,14,17,19-20H,1-3H3. The maximum absolute atomic E-state index is 10.4. The zero-order chi connectivity index (χ0) is 15.1. The Balaban J connectivity index is 2.02. The molecular weight excluding hydrogens is 286 g/mol. The number of aliphatic hydroxyl groups is 2. The molecule has 5 nitrogen and oxygen atoms in total. The molecule has 3 rings (SSSR count). The molecule has 21 heavy (non-hydrogen) atoms. The van der Waals surface area contributed by atoms with E-state index in [1.807, 2.05) is 31.1 Å². The van der Waals surface area contributed by atoms with Crippen LogP contribution in [-0.4, -0.2) is 43.2 Å². The van der Waals surface area contributed by atoms with Gasteiger partial charge in [-0.1, -0.05) is 11.8 Å². The third kappa shape index (κ3) is 2.30. The summed E-state index contributed by atoms with van der Waals surface area (Å²) >= 11 is 1.51. The van der Waals surface area contributed by atoms with Gasteiger partial charge >= 0.3 is 0 Å². The molecule has 3 N–H and O–H groups in total. The van der Waals surface area contributed by atoms with Crippen LogP contribution >= 0.6 is 11.8 Å². The summed E-state index contributed by atoms with van der Waals surface area (Å²) in [5.41, 5.74) is 3.09. The van der Waals surface area contributed by atoms with Crippen molar-refractivity contribution in [1.29, 1.82) is 0 Å². The van der Waals surface area contributed by atoms with Gasteiger partial charge in [0.25, 0.3) is 0 Å². The number of hydrogen-bond donors (Lipinski definition) is 3. The average Bonchev–Trinajstić information content (AvgIpc) is 2.45. The van der Waals surface area contributed by atoms with E-state index in [1.54, 1.807) is 13.1 Å². The minimum absolute atomic E-state index is 0.00483. The van der Waals surface area contributed by atoms with E-state index in [9.17, 15) is 10.2 Å². The second-order valence-corrected chi connectivity index (χ2v) is 6.20. The first-order chi connectivity index (χ1) is 10.0. The highest BCUT2D eigenvalue weighted by atomic mass is 32.2. The molecule has 0 saturated carbocycles. The van der Waals surface area contributed by atoms with Gasteiger partial charge in [-0.05, 0) is 18.2 Å². The van der Waals surface area contributed by atoms with Crippen LogP contribution in [0, 0.1) is 0 Å². The summed E-state index contributed by atoms with van der Waals surface area (Å²) in [5.74, 6) is 0.00483. The van der Waals surface area contributed by atoms with Gasteiger partial charge in [-0.25, -0.2) is 0 Å². The lowest BCUT2D eigenvalue weighted by molar-refractivity contribution is 0.276. The second kappa shape index (κ2) is 5.13. The van der Waals surface area contributed by atoms with Gasteiger partial charge in [0, 0.05) is 42.7 Å². The van der Waals surface area contributed by atoms with Crippen molar-refractivity contribution in [2.45, 2.75) is 11.0 Å². The quantitative estimate of drug-likeness (QED) is 0.743. The Morgan fingerprint density at radius 2 is 2.10 bits per heavy atom. The molecule has 0 fully saturated rings. The van der Waals surface area contributed by atoms with Crippen molar-refractivity contribution in [2.75, 3.05) is 31.4 Å². The van der Waals surface area contributed by atoms with Gasteiger partial charge in [0.1, 0.15) is 17.6 Å². The lowest BCUT2D eigenvalue weighted by Gasteiger charge is -2.29. The van der Waals surface area contributed by atoms with Crippen LogP contribution in [0.25, 0.3) is 0 Å². The molecule has 1 unspecified atom stereocenters. The summed E-state index contributed by atoms with van der Waals surface area (Å²) in [6, 6.07) is 6.10. The summed E-state index contributed by atoms with van der Waals surface area (Å²) in [4.78, 5) is 7.81. The van der Waals surface area contributed by atoms with E-state index in [4.69, 9.17) is 0 Å².